The molecule has 1 fully saturated rings. The average Bonchev–Trinajstić information content (AvgIpc) is 2.53. The van der Waals surface area contributed by atoms with E-state index in [0.717, 1.165) is 24.7 Å². The third-order valence-electron chi connectivity index (χ3n) is 4.90. The van der Waals surface area contributed by atoms with Gasteiger partial charge in [0.25, 0.3) is 0 Å². The van der Waals surface area contributed by atoms with Crippen molar-refractivity contribution >= 4 is 17.2 Å². The number of nitrogens with zero attached hydrogens (tertiary/aromatic N) is 1. The van der Waals surface area contributed by atoms with E-state index in [2.05, 4.69) is 22.3 Å². The summed E-state index contributed by atoms with van der Waals surface area (Å²) >= 11 is 6.07. The number of halogens is 1. The SMILES string of the molecule is Clc1ccc(/C2=C(\CN3CCNCC3)CCCCCC2)cc1. The van der Waals surface area contributed by atoms with Gasteiger partial charge in [0.2, 0.25) is 0 Å². The molecule has 0 amide bonds. The second-order valence-electron chi connectivity index (χ2n) is 6.53. The van der Waals surface area contributed by atoms with Gasteiger partial charge in [-0.15, -0.1) is 0 Å². The minimum atomic E-state index is 0.832. The first-order valence-corrected chi connectivity index (χ1v) is 9.10. The predicted octanol–water partition coefficient (Wildman–Crippen LogP) is 4.35. The van der Waals surface area contributed by atoms with Crippen LogP contribution in [0.4, 0.5) is 0 Å². The summed E-state index contributed by atoms with van der Waals surface area (Å²) in [6.07, 6.45) is 7.92. The molecular formula is C19H27ClN2. The molecule has 0 radical (unpaired) electrons. The molecule has 1 aliphatic carbocycles. The molecule has 2 nitrogen and oxygen atoms in total. The first-order valence-electron chi connectivity index (χ1n) is 8.73. The fourth-order valence-electron chi connectivity index (χ4n) is 3.63. The summed E-state index contributed by atoms with van der Waals surface area (Å²) in [6, 6.07) is 8.48. The summed E-state index contributed by atoms with van der Waals surface area (Å²) < 4.78 is 0. The Hall–Kier alpha value is -0.830. The summed E-state index contributed by atoms with van der Waals surface area (Å²) in [5, 5.41) is 4.28. The average molecular weight is 319 g/mol. The smallest absolute Gasteiger partial charge is 0.0406 e. The Labute approximate surface area is 139 Å². The third-order valence-corrected chi connectivity index (χ3v) is 5.15. The topological polar surface area (TPSA) is 15.3 Å². The van der Waals surface area contributed by atoms with Crippen LogP contribution in [-0.2, 0) is 0 Å². The molecule has 0 unspecified atom stereocenters. The van der Waals surface area contributed by atoms with Crippen molar-refractivity contribution in [2.45, 2.75) is 38.5 Å². The molecule has 1 saturated heterocycles. The second kappa shape index (κ2) is 8.14. The van der Waals surface area contributed by atoms with Crippen molar-refractivity contribution in [3.63, 3.8) is 0 Å². The van der Waals surface area contributed by atoms with Gasteiger partial charge in [-0.2, -0.15) is 0 Å². The van der Waals surface area contributed by atoms with Crippen molar-refractivity contribution in [2.75, 3.05) is 32.7 Å². The number of allylic oxidation sites excluding steroid dienone is 1. The van der Waals surface area contributed by atoms with Crippen molar-refractivity contribution in [3.8, 4) is 0 Å². The van der Waals surface area contributed by atoms with Gasteiger partial charge < -0.3 is 5.32 Å². The molecule has 1 N–H and O–H groups in total. The van der Waals surface area contributed by atoms with Crippen LogP contribution < -0.4 is 5.32 Å². The molecule has 0 saturated carbocycles. The number of rotatable bonds is 3. The van der Waals surface area contributed by atoms with Crippen molar-refractivity contribution in [3.05, 3.63) is 40.4 Å². The highest BCUT2D eigenvalue weighted by atomic mass is 35.5. The van der Waals surface area contributed by atoms with E-state index in [0.29, 0.717) is 0 Å². The number of benzene rings is 1. The van der Waals surface area contributed by atoms with Crippen molar-refractivity contribution in [1.82, 2.24) is 10.2 Å². The highest BCUT2D eigenvalue weighted by Crippen LogP contribution is 2.31. The lowest BCUT2D eigenvalue weighted by Gasteiger charge is -2.30. The van der Waals surface area contributed by atoms with E-state index in [1.165, 1.54) is 57.2 Å². The van der Waals surface area contributed by atoms with Gasteiger partial charge in [-0.3, -0.25) is 4.90 Å². The molecule has 22 heavy (non-hydrogen) atoms. The molecule has 2 aliphatic rings. The molecule has 3 rings (SSSR count). The summed E-state index contributed by atoms with van der Waals surface area (Å²) in [5.74, 6) is 0. The Balaban J connectivity index is 1.85. The monoisotopic (exact) mass is 318 g/mol. The fraction of sp³-hybridized carbons (Fsp3) is 0.579. The Morgan fingerprint density at radius 2 is 1.59 bits per heavy atom. The van der Waals surface area contributed by atoms with Crippen molar-refractivity contribution < 1.29 is 0 Å². The normalized spacial score (nSPS) is 24.8. The summed E-state index contributed by atoms with van der Waals surface area (Å²) in [7, 11) is 0. The number of nitrogens with one attached hydrogen (secondary N) is 1. The first kappa shape index (κ1) is 16.0. The maximum atomic E-state index is 6.07. The molecule has 0 spiro atoms. The van der Waals surface area contributed by atoms with E-state index in [-0.39, 0.29) is 0 Å². The molecule has 0 aromatic heterocycles. The van der Waals surface area contributed by atoms with E-state index in [4.69, 9.17) is 11.6 Å². The highest BCUT2D eigenvalue weighted by Gasteiger charge is 2.17. The zero-order valence-electron chi connectivity index (χ0n) is 13.4. The highest BCUT2D eigenvalue weighted by molar-refractivity contribution is 6.30. The van der Waals surface area contributed by atoms with Crippen molar-refractivity contribution in [1.29, 1.82) is 0 Å². The van der Waals surface area contributed by atoms with Gasteiger partial charge in [0.1, 0.15) is 0 Å². The van der Waals surface area contributed by atoms with E-state index < -0.39 is 0 Å². The largest absolute Gasteiger partial charge is 0.314 e. The molecule has 0 bridgehead atoms. The van der Waals surface area contributed by atoms with Gasteiger partial charge in [0, 0.05) is 37.7 Å². The van der Waals surface area contributed by atoms with Crippen LogP contribution in [0.3, 0.4) is 0 Å². The van der Waals surface area contributed by atoms with Gasteiger partial charge in [-0.25, -0.2) is 0 Å². The zero-order chi connectivity index (χ0) is 15.2. The first-order chi connectivity index (χ1) is 10.8. The summed E-state index contributed by atoms with van der Waals surface area (Å²) in [4.78, 5) is 2.61. The molecular weight excluding hydrogens is 292 g/mol. The van der Waals surface area contributed by atoms with E-state index >= 15 is 0 Å². The van der Waals surface area contributed by atoms with Crippen LogP contribution in [0.5, 0.6) is 0 Å². The lowest BCUT2D eigenvalue weighted by molar-refractivity contribution is 0.257. The lowest BCUT2D eigenvalue weighted by atomic mass is 9.89. The van der Waals surface area contributed by atoms with Crippen LogP contribution in [0.25, 0.3) is 5.57 Å². The predicted molar refractivity (Wildman–Crippen MR) is 95.4 cm³/mol. The van der Waals surface area contributed by atoms with E-state index in [9.17, 15) is 0 Å². The van der Waals surface area contributed by atoms with Crippen LogP contribution in [-0.4, -0.2) is 37.6 Å². The minimum absolute atomic E-state index is 0.832. The summed E-state index contributed by atoms with van der Waals surface area (Å²) in [6.45, 7) is 5.77. The van der Waals surface area contributed by atoms with Crippen LogP contribution >= 0.6 is 11.6 Å². The lowest BCUT2D eigenvalue weighted by Crippen LogP contribution is -2.44. The van der Waals surface area contributed by atoms with Gasteiger partial charge >= 0.3 is 0 Å². The number of hydrogen-bond donors (Lipinski definition) is 1. The molecule has 3 heteroatoms. The molecule has 1 aliphatic heterocycles. The van der Waals surface area contributed by atoms with Gasteiger partial charge in [-0.05, 0) is 49.0 Å². The maximum absolute atomic E-state index is 6.07. The minimum Gasteiger partial charge on any atom is -0.314 e. The van der Waals surface area contributed by atoms with Crippen LogP contribution in [0, 0.1) is 0 Å². The second-order valence-corrected chi connectivity index (χ2v) is 6.97. The Bertz CT molecular complexity index is 501. The zero-order valence-corrected chi connectivity index (χ0v) is 14.2. The van der Waals surface area contributed by atoms with E-state index in [1.54, 1.807) is 11.1 Å². The van der Waals surface area contributed by atoms with Crippen molar-refractivity contribution in [2.24, 2.45) is 0 Å². The fourth-order valence-corrected chi connectivity index (χ4v) is 3.76. The van der Waals surface area contributed by atoms with Crippen LogP contribution in [0.15, 0.2) is 29.8 Å². The Morgan fingerprint density at radius 1 is 0.909 bits per heavy atom. The standard InChI is InChI=1S/C19H27ClN2/c20-18-9-7-16(8-10-18)19-6-4-2-1-3-5-17(19)15-22-13-11-21-12-14-22/h7-10,21H,1-6,11-15H2/b19-17-. The van der Waals surface area contributed by atoms with Gasteiger partial charge in [0.05, 0.1) is 0 Å². The van der Waals surface area contributed by atoms with Gasteiger partial charge in [0.15, 0.2) is 0 Å². The third kappa shape index (κ3) is 4.34. The molecule has 1 aromatic rings. The Kier molecular flexibility index (Phi) is 5.94. The quantitative estimate of drug-likeness (QED) is 0.891. The molecule has 120 valence electrons. The summed E-state index contributed by atoms with van der Waals surface area (Å²) in [5.41, 5.74) is 4.65. The van der Waals surface area contributed by atoms with E-state index in [1.807, 2.05) is 12.1 Å². The molecule has 1 aromatic carbocycles. The number of hydrogen-bond acceptors (Lipinski definition) is 2. The van der Waals surface area contributed by atoms with Crippen LogP contribution in [0.2, 0.25) is 5.02 Å². The van der Waals surface area contributed by atoms with Crippen LogP contribution in [0.1, 0.15) is 44.1 Å². The molecule has 1 heterocycles. The number of piperazine rings is 1. The Morgan fingerprint density at radius 3 is 2.32 bits per heavy atom. The molecule has 0 atom stereocenters. The maximum Gasteiger partial charge on any atom is 0.0406 e. The van der Waals surface area contributed by atoms with Gasteiger partial charge in [-0.1, -0.05) is 42.1 Å².